The highest BCUT2D eigenvalue weighted by atomic mass is 79.9. The van der Waals surface area contributed by atoms with Crippen LogP contribution in [0.1, 0.15) is 13.8 Å². The predicted molar refractivity (Wildman–Crippen MR) is 92.6 cm³/mol. The fraction of sp³-hybridized carbons (Fsp3) is 0.533. The van der Waals surface area contributed by atoms with Gasteiger partial charge in [0.15, 0.2) is 0 Å². The minimum Gasteiger partial charge on any atom is -0.353 e. The number of piperazine rings is 1. The maximum absolute atomic E-state index is 12.6. The lowest BCUT2D eigenvalue weighted by molar-refractivity contribution is -0.123. The molecule has 1 aliphatic rings. The van der Waals surface area contributed by atoms with Crippen LogP contribution in [0.25, 0.3) is 0 Å². The second-order valence-corrected chi connectivity index (χ2v) is 8.71. The maximum atomic E-state index is 12.6. The summed E-state index contributed by atoms with van der Waals surface area (Å²) in [5.41, 5.74) is 0. The van der Waals surface area contributed by atoms with Crippen molar-refractivity contribution in [2.45, 2.75) is 24.8 Å². The van der Waals surface area contributed by atoms with Crippen molar-refractivity contribution in [3.8, 4) is 0 Å². The quantitative estimate of drug-likeness (QED) is 0.803. The van der Waals surface area contributed by atoms with Crippen LogP contribution in [0.3, 0.4) is 0 Å². The van der Waals surface area contributed by atoms with E-state index in [0.29, 0.717) is 37.6 Å². The largest absolute Gasteiger partial charge is 0.353 e. The Morgan fingerprint density at radius 1 is 1.17 bits per heavy atom. The molecule has 1 heterocycles. The summed E-state index contributed by atoms with van der Waals surface area (Å²) in [7, 11) is -3.46. The van der Waals surface area contributed by atoms with Gasteiger partial charge in [0.1, 0.15) is 0 Å². The Bertz CT molecular complexity index is 638. The molecule has 0 spiro atoms. The summed E-state index contributed by atoms with van der Waals surface area (Å²) in [5.74, 6) is -0.0239. The van der Waals surface area contributed by atoms with E-state index in [9.17, 15) is 13.2 Å². The third-order valence-electron chi connectivity index (χ3n) is 3.60. The average molecular weight is 404 g/mol. The van der Waals surface area contributed by atoms with Crippen molar-refractivity contribution in [2.75, 3.05) is 32.7 Å². The van der Waals surface area contributed by atoms with Crippen molar-refractivity contribution in [1.82, 2.24) is 14.5 Å². The van der Waals surface area contributed by atoms with Crippen LogP contribution >= 0.6 is 15.9 Å². The molecule has 1 N–H and O–H groups in total. The first-order valence-corrected chi connectivity index (χ1v) is 9.80. The zero-order valence-electron chi connectivity index (χ0n) is 13.3. The van der Waals surface area contributed by atoms with E-state index in [1.165, 1.54) is 4.31 Å². The Morgan fingerprint density at radius 2 is 1.74 bits per heavy atom. The summed E-state index contributed by atoms with van der Waals surface area (Å²) in [6.07, 6.45) is 0. The third kappa shape index (κ3) is 5.00. The molecule has 1 aromatic carbocycles. The zero-order chi connectivity index (χ0) is 17.0. The molecule has 0 aliphatic carbocycles. The number of halogens is 1. The molecule has 23 heavy (non-hydrogen) atoms. The van der Waals surface area contributed by atoms with Gasteiger partial charge in [-0.1, -0.05) is 15.9 Å². The molecule has 0 saturated carbocycles. The minimum atomic E-state index is -3.46. The summed E-state index contributed by atoms with van der Waals surface area (Å²) in [6, 6.07) is 6.75. The number of carbonyl (C=O) groups is 1. The van der Waals surface area contributed by atoms with Gasteiger partial charge in [0, 0.05) is 36.7 Å². The zero-order valence-corrected chi connectivity index (χ0v) is 15.7. The number of sulfonamides is 1. The van der Waals surface area contributed by atoms with Crippen LogP contribution in [-0.4, -0.2) is 62.3 Å². The molecular formula is C15H22BrN3O3S. The molecule has 2 rings (SSSR count). The SMILES string of the molecule is CC(C)NC(=O)CN1CCN(S(=O)(=O)c2ccc(Br)cc2)CC1. The van der Waals surface area contributed by atoms with E-state index in [1.807, 2.05) is 18.7 Å². The van der Waals surface area contributed by atoms with Crippen molar-refractivity contribution in [3.05, 3.63) is 28.7 Å². The first-order valence-electron chi connectivity index (χ1n) is 7.56. The summed E-state index contributed by atoms with van der Waals surface area (Å²) in [5, 5.41) is 2.85. The highest BCUT2D eigenvalue weighted by Crippen LogP contribution is 2.20. The van der Waals surface area contributed by atoms with Gasteiger partial charge in [-0.05, 0) is 38.1 Å². The van der Waals surface area contributed by atoms with Gasteiger partial charge in [0.05, 0.1) is 11.4 Å². The van der Waals surface area contributed by atoms with E-state index in [2.05, 4.69) is 21.2 Å². The molecule has 1 saturated heterocycles. The number of benzene rings is 1. The van der Waals surface area contributed by atoms with Crippen LogP contribution in [0, 0.1) is 0 Å². The van der Waals surface area contributed by atoms with E-state index in [4.69, 9.17) is 0 Å². The standard InChI is InChI=1S/C15H22BrN3O3S/c1-12(2)17-15(20)11-18-7-9-19(10-8-18)23(21,22)14-5-3-13(16)4-6-14/h3-6,12H,7-11H2,1-2H3,(H,17,20). The molecule has 0 bridgehead atoms. The van der Waals surface area contributed by atoms with Gasteiger partial charge in [0.2, 0.25) is 15.9 Å². The van der Waals surface area contributed by atoms with Crippen LogP contribution in [-0.2, 0) is 14.8 Å². The normalized spacial score (nSPS) is 17.4. The first kappa shape index (κ1) is 18.4. The van der Waals surface area contributed by atoms with Crippen molar-refractivity contribution in [2.24, 2.45) is 0 Å². The predicted octanol–water partition coefficient (Wildman–Crippen LogP) is 1.28. The fourth-order valence-corrected chi connectivity index (χ4v) is 4.14. The van der Waals surface area contributed by atoms with Gasteiger partial charge in [0.25, 0.3) is 0 Å². The van der Waals surface area contributed by atoms with E-state index in [0.717, 1.165) is 4.47 Å². The van der Waals surface area contributed by atoms with Crippen LogP contribution in [0.4, 0.5) is 0 Å². The molecule has 6 nitrogen and oxygen atoms in total. The molecule has 0 radical (unpaired) electrons. The number of hydrogen-bond donors (Lipinski definition) is 1. The Labute approximate surface area is 146 Å². The lowest BCUT2D eigenvalue weighted by Gasteiger charge is -2.33. The lowest BCUT2D eigenvalue weighted by atomic mass is 10.3. The molecule has 128 valence electrons. The molecule has 0 atom stereocenters. The summed E-state index contributed by atoms with van der Waals surface area (Å²) < 4.78 is 27.5. The van der Waals surface area contributed by atoms with Crippen LogP contribution < -0.4 is 5.32 Å². The maximum Gasteiger partial charge on any atom is 0.243 e. The molecule has 8 heteroatoms. The van der Waals surface area contributed by atoms with E-state index in [-0.39, 0.29) is 11.9 Å². The molecule has 1 aromatic rings. The fourth-order valence-electron chi connectivity index (χ4n) is 2.45. The molecule has 1 amide bonds. The van der Waals surface area contributed by atoms with Crippen molar-refractivity contribution >= 4 is 31.9 Å². The third-order valence-corrected chi connectivity index (χ3v) is 6.04. The number of amides is 1. The van der Waals surface area contributed by atoms with Gasteiger partial charge >= 0.3 is 0 Å². The second-order valence-electron chi connectivity index (χ2n) is 5.86. The van der Waals surface area contributed by atoms with Crippen molar-refractivity contribution in [1.29, 1.82) is 0 Å². The number of nitrogens with one attached hydrogen (secondary N) is 1. The number of nitrogens with zero attached hydrogens (tertiary/aromatic N) is 2. The minimum absolute atomic E-state index is 0.0239. The van der Waals surface area contributed by atoms with E-state index in [1.54, 1.807) is 24.3 Å². The molecule has 0 unspecified atom stereocenters. The van der Waals surface area contributed by atoms with Gasteiger partial charge in [-0.25, -0.2) is 8.42 Å². The summed E-state index contributed by atoms with van der Waals surface area (Å²) in [6.45, 7) is 6.05. The van der Waals surface area contributed by atoms with E-state index >= 15 is 0 Å². The Balaban J connectivity index is 1.93. The smallest absolute Gasteiger partial charge is 0.243 e. The van der Waals surface area contributed by atoms with Gasteiger partial charge in [-0.3, -0.25) is 9.69 Å². The Morgan fingerprint density at radius 3 is 2.26 bits per heavy atom. The monoisotopic (exact) mass is 403 g/mol. The van der Waals surface area contributed by atoms with Gasteiger partial charge in [-0.2, -0.15) is 4.31 Å². The average Bonchev–Trinajstić information content (AvgIpc) is 2.47. The first-order chi connectivity index (χ1) is 10.8. The highest BCUT2D eigenvalue weighted by molar-refractivity contribution is 9.10. The lowest BCUT2D eigenvalue weighted by Crippen LogP contribution is -2.51. The van der Waals surface area contributed by atoms with E-state index < -0.39 is 10.0 Å². The Hall–Kier alpha value is -0.960. The summed E-state index contributed by atoms with van der Waals surface area (Å²) >= 11 is 3.30. The second kappa shape index (κ2) is 7.74. The molecule has 1 aliphatic heterocycles. The Kier molecular flexibility index (Phi) is 6.19. The summed E-state index contributed by atoms with van der Waals surface area (Å²) in [4.78, 5) is 14.0. The van der Waals surface area contributed by atoms with Gasteiger partial charge in [-0.15, -0.1) is 0 Å². The van der Waals surface area contributed by atoms with Gasteiger partial charge < -0.3 is 5.32 Å². The van der Waals surface area contributed by atoms with Crippen LogP contribution in [0.15, 0.2) is 33.6 Å². The van der Waals surface area contributed by atoms with Crippen LogP contribution in [0.5, 0.6) is 0 Å². The van der Waals surface area contributed by atoms with Crippen molar-refractivity contribution < 1.29 is 13.2 Å². The number of carbonyl (C=O) groups excluding carboxylic acids is 1. The molecule has 1 fully saturated rings. The van der Waals surface area contributed by atoms with Crippen molar-refractivity contribution in [3.63, 3.8) is 0 Å². The topological polar surface area (TPSA) is 69.7 Å². The van der Waals surface area contributed by atoms with Crippen LogP contribution in [0.2, 0.25) is 0 Å². The number of hydrogen-bond acceptors (Lipinski definition) is 4. The number of rotatable bonds is 5. The molecular weight excluding hydrogens is 382 g/mol. The molecule has 0 aromatic heterocycles. The highest BCUT2D eigenvalue weighted by Gasteiger charge is 2.28.